The van der Waals surface area contributed by atoms with Crippen molar-refractivity contribution in [1.29, 1.82) is 0 Å². The number of carbonyl (C=O) groups is 1. The Labute approximate surface area is 120 Å². The predicted octanol–water partition coefficient (Wildman–Crippen LogP) is 3.69. The number of aromatic nitrogens is 2. The molecule has 2 aromatic heterocycles. The molecule has 0 fully saturated rings. The molecule has 0 atom stereocenters. The number of benzene rings is 1. The number of hydrogen-bond donors (Lipinski definition) is 1. The largest absolute Gasteiger partial charge is 0.477 e. The van der Waals surface area contributed by atoms with Gasteiger partial charge in [0.1, 0.15) is 4.88 Å². The van der Waals surface area contributed by atoms with Crippen LogP contribution in [-0.4, -0.2) is 20.5 Å². The lowest BCUT2D eigenvalue weighted by Crippen LogP contribution is -1.96. The number of imidazole rings is 1. The van der Waals surface area contributed by atoms with Crippen LogP contribution in [-0.2, 0) is 0 Å². The number of aryl methyl sites for hydroxylation is 3. The summed E-state index contributed by atoms with van der Waals surface area (Å²) in [6, 6.07) is 6.30. The zero-order valence-corrected chi connectivity index (χ0v) is 12.3. The molecule has 0 amide bonds. The minimum absolute atomic E-state index is 0.347. The van der Waals surface area contributed by atoms with Crippen LogP contribution in [0, 0.1) is 20.8 Å². The van der Waals surface area contributed by atoms with Crippen LogP contribution in [0.5, 0.6) is 0 Å². The summed E-state index contributed by atoms with van der Waals surface area (Å²) >= 11 is 1.21. The minimum atomic E-state index is -0.897. The lowest BCUT2D eigenvalue weighted by Gasteiger charge is -2.01. The number of fused-ring (bicyclic) bond motifs is 1. The summed E-state index contributed by atoms with van der Waals surface area (Å²) in [6.45, 7) is 5.92. The van der Waals surface area contributed by atoms with Gasteiger partial charge in [-0.1, -0.05) is 28.5 Å². The molecule has 20 heavy (non-hydrogen) atoms. The fourth-order valence-electron chi connectivity index (χ4n) is 2.41. The van der Waals surface area contributed by atoms with Crippen LogP contribution >= 0.6 is 11.3 Å². The summed E-state index contributed by atoms with van der Waals surface area (Å²) in [5.74, 6) is -0.897. The maximum atomic E-state index is 11.1. The number of nitrogens with zero attached hydrogens (tertiary/aromatic N) is 2. The third-order valence-corrected chi connectivity index (χ3v) is 4.41. The highest BCUT2D eigenvalue weighted by molar-refractivity contribution is 7.19. The molecule has 4 nitrogen and oxygen atoms in total. The van der Waals surface area contributed by atoms with Gasteiger partial charge in [-0.05, 0) is 32.9 Å². The Morgan fingerprint density at radius 3 is 2.40 bits per heavy atom. The van der Waals surface area contributed by atoms with Crippen molar-refractivity contribution in [3.8, 4) is 11.3 Å². The van der Waals surface area contributed by atoms with Gasteiger partial charge in [-0.2, -0.15) is 0 Å². The van der Waals surface area contributed by atoms with E-state index in [2.05, 4.69) is 37.0 Å². The Bertz CT molecular complexity index is 810. The molecule has 1 aromatic carbocycles. The van der Waals surface area contributed by atoms with Gasteiger partial charge >= 0.3 is 5.97 Å². The Morgan fingerprint density at radius 1 is 1.20 bits per heavy atom. The molecule has 0 saturated carbocycles. The first kappa shape index (κ1) is 12.9. The Balaban J connectivity index is 2.16. The molecule has 1 N–H and O–H groups in total. The SMILES string of the molecule is Cc1cc(C)cc(-c2cn3c(C)c(C(=O)O)sc3n2)c1. The molecule has 102 valence electrons. The molecule has 0 spiro atoms. The van der Waals surface area contributed by atoms with Crippen molar-refractivity contribution in [2.24, 2.45) is 0 Å². The van der Waals surface area contributed by atoms with E-state index in [0.29, 0.717) is 9.84 Å². The monoisotopic (exact) mass is 286 g/mol. The molecule has 0 aliphatic carbocycles. The fraction of sp³-hybridized carbons (Fsp3) is 0.200. The number of hydrogen-bond acceptors (Lipinski definition) is 3. The van der Waals surface area contributed by atoms with E-state index in [1.807, 2.05) is 10.6 Å². The van der Waals surface area contributed by atoms with Gasteiger partial charge in [-0.15, -0.1) is 0 Å². The Hall–Kier alpha value is -2.14. The number of carboxylic acids is 1. The van der Waals surface area contributed by atoms with Crippen LogP contribution in [0.2, 0.25) is 0 Å². The first-order valence-electron chi connectivity index (χ1n) is 6.26. The van der Waals surface area contributed by atoms with Crippen LogP contribution in [0.4, 0.5) is 0 Å². The maximum absolute atomic E-state index is 11.1. The highest BCUT2D eigenvalue weighted by Gasteiger charge is 2.17. The van der Waals surface area contributed by atoms with E-state index in [9.17, 15) is 4.79 Å². The third-order valence-electron chi connectivity index (χ3n) is 3.27. The first-order valence-corrected chi connectivity index (χ1v) is 7.08. The van der Waals surface area contributed by atoms with Gasteiger partial charge in [-0.3, -0.25) is 4.40 Å². The maximum Gasteiger partial charge on any atom is 0.347 e. The summed E-state index contributed by atoms with van der Waals surface area (Å²) in [5, 5.41) is 9.11. The molecule has 5 heteroatoms. The second kappa shape index (κ2) is 4.45. The van der Waals surface area contributed by atoms with E-state index < -0.39 is 5.97 Å². The van der Waals surface area contributed by atoms with Crippen molar-refractivity contribution in [2.45, 2.75) is 20.8 Å². The van der Waals surface area contributed by atoms with Gasteiger partial charge in [0.05, 0.1) is 5.69 Å². The molecule has 0 aliphatic rings. The fourth-order valence-corrected chi connectivity index (χ4v) is 3.36. The van der Waals surface area contributed by atoms with Crippen molar-refractivity contribution >= 4 is 22.3 Å². The number of carboxylic acid groups (broad SMARTS) is 1. The zero-order chi connectivity index (χ0) is 14.4. The van der Waals surface area contributed by atoms with Gasteiger partial charge in [-0.25, -0.2) is 9.78 Å². The molecule has 0 bridgehead atoms. The normalized spacial score (nSPS) is 11.2. The highest BCUT2D eigenvalue weighted by Crippen LogP contribution is 2.28. The average Bonchev–Trinajstić information content (AvgIpc) is 2.88. The van der Waals surface area contributed by atoms with Gasteiger partial charge in [0.2, 0.25) is 0 Å². The first-order chi connectivity index (χ1) is 9.45. The summed E-state index contributed by atoms with van der Waals surface area (Å²) in [6.07, 6.45) is 1.90. The van der Waals surface area contributed by atoms with E-state index in [1.54, 1.807) is 6.92 Å². The second-order valence-corrected chi connectivity index (χ2v) is 5.95. The second-order valence-electron chi connectivity index (χ2n) is 4.98. The molecule has 0 unspecified atom stereocenters. The topological polar surface area (TPSA) is 54.6 Å². The molecule has 3 rings (SSSR count). The molecule has 0 radical (unpaired) electrons. The number of thiazole rings is 1. The van der Waals surface area contributed by atoms with Crippen LogP contribution < -0.4 is 0 Å². The quantitative estimate of drug-likeness (QED) is 0.781. The van der Waals surface area contributed by atoms with Gasteiger partial charge in [0.15, 0.2) is 4.96 Å². The van der Waals surface area contributed by atoms with E-state index in [4.69, 9.17) is 5.11 Å². The lowest BCUT2D eigenvalue weighted by molar-refractivity contribution is 0.0701. The highest BCUT2D eigenvalue weighted by atomic mass is 32.1. The molecule has 2 heterocycles. The summed E-state index contributed by atoms with van der Waals surface area (Å²) in [7, 11) is 0. The number of rotatable bonds is 2. The molecular weight excluding hydrogens is 272 g/mol. The zero-order valence-electron chi connectivity index (χ0n) is 11.5. The van der Waals surface area contributed by atoms with Crippen molar-refractivity contribution in [3.63, 3.8) is 0 Å². The van der Waals surface area contributed by atoms with Gasteiger partial charge < -0.3 is 5.11 Å². The lowest BCUT2D eigenvalue weighted by atomic mass is 10.1. The van der Waals surface area contributed by atoms with Gasteiger partial charge in [0, 0.05) is 17.5 Å². The van der Waals surface area contributed by atoms with Crippen molar-refractivity contribution < 1.29 is 9.90 Å². The van der Waals surface area contributed by atoms with Gasteiger partial charge in [0.25, 0.3) is 0 Å². The summed E-state index contributed by atoms with van der Waals surface area (Å²) in [5.41, 5.74) is 5.05. The minimum Gasteiger partial charge on any atom is -0.477 e. The van der Waals surface area contributed by atoms with E-state index in [0.717, 1.165) is 17.0 Å². The van der Waals surface area contributed by atoms with Crippen LogP contribution in [0.25, 0.3) is 16.2 Å². The third kappa shape index (κ3) is 2.00. The molecular formula is C15H14N2O2S. The summed E-state index contributed by atoms with van der Waals surface area (Å²) < 4.78 is 1.85. The van der Waals surface area contributed by atoms with Crippen molar-refractivity contribution in [2.75, 3.05) is 0 Å². The smallest absolute Gasteiger partial charge is 0.347 e. The molecule has 0 aliphatic heterocycles. The van der Waals surface area contributed by atoms with Crippen molar-refractivity contribution in [1.82, 2.24) is 9.38 Å². The van der Waals surface area contributed by atoms with E-state index >= 15 is 0 Å². The van der Waals surface area contributed by atoms with Crippen LogP contribution in [0.1, 0.15) is 26.5 Å². The van der Waals surface area contributed by atoms with Crippen molar-refractivity contribution in [3.05, 3.63) is 46.1 Å². The standard InChI is InChI=1S/C15H14N2O2S/c1-8-4-9(2)6-11(5-8)12-7-17-10(3)13(14(18)19)20-15(17)16-12/h4-7H,1-3H3,(H,18,19). The van der Waals surface area contributed by atoms with E-state index in [-0.39, 0.29) is 0 Å². The number of aromatic carboxylic acids is 1. The predicted molar refractivity (Wildman–Crippen MR) is 79.7 cm³/mol. The van der Waals surface area contributed by atoms with E-state index in [1.165, 1.54) is 22.5 Å². The Morgan fingerprint density at radius 2 is 1.85 bits per heavy atom. The van der Waals surface area contributed by atoms with Crippen LogP contribution in [0.3, 0.4) is 0 Å². The summed E-state index contributed by atoms with van der Waals surface area (Å²) in [4.78, 5) is 16.7. The van der Waals surface area contributed by atoms with Crippen LogP contribution in [0.15, 0.2) is 24.4 Å². The average molecular weight is 286 g/mol. The molecule has 3 aromatic rings. The Kier molecular flexibility index (Phi) is 2.87. The molecule has 0 saturated heterocycles.